The van der Waals surface area contributed by atoms with Crippen molar-refractivity contribution in [3.8, 4) is 0 Å². The van der Waals surface area contributed by atoms with Gasteiger partial charge in [0.15, 0.2) is 5.82 Å². The summed E-state index contributed by atoms with van der Waals surface area (Å²) in [6, 6.07) is 0. The highest BCUT2D eigenvalue weighted by Gasteiger charge is 2.25. The van der Waals surface area contributed by atoms with Crippen molar-refractivity contribution in [1.29, 1.82) is 0 Å². The molecule has 76 valence electrons. The van der Waals surface area contributed by atoms with E-state index in [0.717, 1.165) is 25.0 Å². The molecule has 1 aromatic heterocycles. The molecule has 3 N–H and O–H groups in total. The molecule has 2 rings (SSSR count). The Kier molecular flexibility index (Phi) is 2.69. The standard InChI is InChI=1S/C9H12BrN3O/c10-8-9(11)12-4-7(13-8)5-1-2-6(14)3-5/h4-6,14H,1-3H2,(H2,11,12)/t5-,6+/m0/s1. The molecule has 1 aliphatic carbocycles. The quantitative estimate of drug-likeness (QED) is 0.799. The van der Waals surface area contributed by atoms with Crippen LogP contribution in [0, 0.1) is 0 Å². The summed E-state index contributed by atoms with van der Waals surface area (Å²) in [5.74, 6) is 0.738. The molecule has 0 aliphatic heterocycles. The lowest BCUT2D eigenvalue weighted by Crippen LogP contribution is -2.03. The number of aliphatic hydroxyl groups is 1. The van der Waals surface area contributed by atoms with Crippen molar-refractivity contribution in [2.75, 3.05) is 5.73 Å². The maximum absolute atomic E-state index is 9.40. The number of aliphatic hydroxyl groups excluding tert-OH is 1. The molecule has 5 heteroatoms. The molecule has 1 aromatic rings. The minimum atomic E-state index is -0.182. The van der Waals surface area contributed by atoms with Crippen molar-refractivity contribution < 1.29 is 5.11 Å². The highest BCUT2D eigenvalue weighted by Crippen LogP contribution is 2.33. The summed E-state index contributed by atoms with van der Waals surface area (Å²) in [4.78, 5) is 8.34. The lowest BCUT2D eigenvalue weighted by Gasteiger charge is -2.08. The van der Waals surface area contributed by atoms with Crippen LogP contribution in [0.4, 0.5) is 5.82 Å². The smallest absolute Gasteiger partial charge is 0.156 e. The van der Waals surface area contributed by atoms with Crippen LogP contribution in [0.3, 0.4) is 0 Å². The molecule has 0 unspecified atom stereocenters. The fraction of sp³-hybridized carbons (Fsp3) is 0.556. The van der Waals surface area contributed by atoms with Crippen molar-refractivity contribution in [1.82, 2.24) is 9.97 Å². The minimum absolute atomic E-state index is 0.182. The van der Waals surface area contributed by atoms with E-state index in [1.54, 1.807) is 6.20 Å². The van der Waals surface area contributed by atoms with Gasteiger partial charge >= 0.3 is 0 Å². The van der Waals surface area contributed by atoms with Gasteiger partial charge in [-0.2, -0.15) is 0 Å². The summed E-state index contributed by atoms with van der Waals surface area (Å²) in [7, 11) is 0. The van der Waals surface area contributed by atoms with Gasteiger partial charge in [-0.15, -0.1) is 0 Å². The van der Waals surface area contributed by atoms with E-state index in [9.17, 15) is 5.11 Å². The van der Waals surface area contributed by atoms with Crippen molar-refractivity contribution >= 4 is 21.7 Å². The van der Waals surface area contributed by atoms with Crippen molar-refractivity contribution in [2.45, 2.75) is 31.3 Å². The lowest BCUT2D eigenvalue weighted by molar-refractivity contribution is 0.181. The Morgan fingerprint density at radius 3 is 2.86 bits per heavy atom. The Bertz CT molecular complexity index is 345. The maximum atomic E-state index is 9.40. The highest BCUT2D eigenvalue weighted by atomic mass is 79.9. The summed E-state index contributed by atoms with van der Waals surface area (Å²) in [5, 5.41) is 9.40. The molecule has 2 atom stereocenters. The van der Waals surface area contributed by atoms with E-state index in [-0.39, 0.29) is 6.10 Å². The van der Waals surface area contributed by atoms with E-state index in [0.29, 0.717) is 16.3 Å². The monoisotopic (exact) mass is 257 g/mol. The first-order valence-corrected chi connectivity index (χ1v) is 5.42. The van der Waals surface area contributed by atoms with Crippen LogP contribution in [-0.4, -0.2) is 21.2 Å². The lowest BCUT2D eigenvalue weighted by atomic mass is 10.0. The van der Waals surface area contributed by atoms with E-state index in [1.165, 1.54) is 0 Å². The van der Waals surface area contributed by atoms with Gasteiger partial charge in [0.05, 0.1) is 18.0 Å². The number of hydrogen-bond acceptors (Lipinski definition) is 4. The van der Waals surface area contributed by atoms with Gasteiger partial charge in [0.1, 0.15) is 4.60 Å². The first-order chi connectivity index (χ1) is 6.66. The molecule has 0 bridgehead atoms. The zero-order chi connectivity index (χ0) is 10.1. The third-order valence-corrected chi connectivity index (χ3v) is 3.18. The van der Waals surface area contributed by atoms with Crippen molar-refractivity contribution in [3.05, 3.63) is 16.5 Å². The summed E-state index contributed by atoms with van der Waals surface area (Å²) in [6.45, 7) is 0. The van der Waals surface area contributed by atoms with E-state index in [1.807, 2.05) is 0 Å². The van der Waals surface area contributed by atoms with Crippen LogP contribution < -0.4 is 5.73 Å². The first-order valence-electron chi connectivity index (χ1n) is 4.63. The molecular formula is C9H12BrN3O. The number of nitrogen functional groups attached to an aromatic ring is 1. The van der Waals surface area contributed by atoms with Gasteiger partial charge in [-0.25, -0.2) is 9.97 Å². The molecule has 0 radical (unpaired) electrons. The Labute approximate surface area is 90.7 Å². The number of nitrogens with two attached hydrogens (primary N) is 1. The van der Waals surface area contributed by atoms with Crippen LogP contribution in [0.15, 0.2) is 10.8 Å². The molecule has 0 saturated heterocycles. The third-order valence-electron chi connectivity index (χ3n) is 2.60. The second-order valence-corrected chi connectivity index (χ2v) is 4.39. The average molecular weight is 258 g/mol. The van der Waals surface area contributed by atoms with Crippen LogP contribution in [0.25, 0.3) is 0 Å². The van der Waals surface area contributed by atoms with E-state index in [2.05, 4.69) is 25.9 Å². The van der Waals surface area contributed by atoms with Crippen LogP contribution in [0.5, 0.6) is 0 Å². The van der Waals surface area contributed by atoms with Crippen molar-refractivity contribution in [2.24, 2.45) is 0 Å². The predicted octanol–water partition coefficient (Wildman–Crippen LogP) is 1.45. The molecule has 14 heavy (non-hydrogen) atoms. The number of anilines is 1. The fourth-order valence-electron chi connectivity index (χ4n) is 1.81. The molecule has 0 aromatic carbocycles. The highest BCUT2D eigenvalue weighted by molar-refractivity contribution is 9.10. The number of hydrogen-bond donors (Lipinski definition) is 2. The van der Waals surface area contributed by atoms with Gasteiger partial charge in [0.2, 0.25) is 0 Å². The fourth-order valence-corrected chi connectivity index (χ4v) is 2.12. The van der Waals surface area contributed by atoms with Crippen LogP contribution >= 0.6 is 15.9 Å². The van der Waals surface area contributed by atoms with Crippen LogP contribution in [-0.2, 0) is 0 Å². The van der Waals surface area contributed by atoms with Crippen molar-refractivity contribution in [3.63, 3.8) is 0 Å². The van der Waals surface area contributed by atoms with Crippen LogP contribution in [0.1, 0.15) is 30.9 Å². The van der Waals surface area contributed by atoms with Gasteiger partial charge in [-0.1, -0.05) is 0 Å². The van der Waals surface area contributed by atoms with Gasteiger partial charge in [0, 0.05) is 5.92 Å². The molecule has 4 nitrogen and oxygen atoms in total. The van der Waals surface area contributed by atoms with E-state index >= 15 is 0 Å². The Morgan fingerprint density at radius 2 is 2.29 bits per heavy atom. The molecule has 1 fully saturated rings. The zero-order valence-corrected chi connectivity index (χ0v) is 9.24. The topological polar surface area (TPSA) is 72.0 Å². The summed E-state index contributed by atoms with van der Waals surface area (Å²) >= 11 is 3.25. The van der Waals surface area contributed by atoms with E-state index < -0.39 is 0 Å². The SMILES string of the molecule is Nc1ncc([C@H]2CC[C@@H](O)C2)nc1Br. The minimum Gasteiger partial charge on any atom is -0.393 e. The Hall–Kier alpha value is -0.680. The van der Waals surface area contributed by atoms with Gasteiger partial charge in [-0.3, -0.25) is 0 Å². The van der Waals surface area contributed by atoms with Gasteiger partial charge in [-0.05, 0) is 35.2 Å². The second-order valence-electron chi connectivity index (χ2n) is 3.63. The first kappa shape index (κ1) is 9.86. The Balaban J connectivity index is 2.20. The number of rotatable bonds is 1. The average Bonchev–Trinajstić information content (AvgIpc) is 2.57. The maximum Gasteiger partial charge on any atom is 0.156 e. The normalized spacial score (nSPS) is 26.7. The second kappa shape index (κ2) is 3.82. The molecule has 0 amide bonds. The molecule has 1 saturated carbocycles. The molecule has 1 aliphatic rings. The molecule has 0 spiro atoms. The van der Waals surface area contributed by atoms with Crippen LogP contribution in [0.2, 0.25) is 0 Å². The van der Waals surface area contributed by atoms with Gasteiger partial charge in [0.25, 0.3) is 0 Å². The zero-order valence-electron chi connectivity index (χ0n) is 7.65. The summed E-state index contributed by atoms with van der Waals surface area (Å²) in [6.07, 6.45) is 4.13. The number of nitrogens with zero attached hydrogens (tertiary/aromatic N) is 2. The number of halogens is 1. The largest absolute Gasteiger partial charge is 0.393 e. The third kappa shape index (κ3) is 1.88. The molecular weight excluding hydrogens is 246 g/mol. The summed E-state index contributed by atoms with van der Waals surface area (Å²) < 4.78 is 0.594. The van der Waals surface area contributed by atoms with Gasteiger partial charge < -0.3 is 10.8 Å². The van der Waals surface area contributed by atoms with E-state index in [4.69, 9.17) is 5.73 Å². The Morgan fingerprint density at radius 1 is 1.50 bits per heavy atom. The predicted molar refractivity (Wildman–Crippen MR) is 56.7 cm³/mol. The molecule has 1 heterocycles. The summed E-state index contributed by atoms with van der Waals surface area (Å²) in [5.41, 5.74) is 6.46. The number of aromatic nitrogens is 2.